The molecule has 16 heavy (non-hydrogen) atoms. The molecule has 1 aliphatic rings. The van der Waals surface area contributed by atoms with Gasteiger partial charge >= 0.3 is 5.97 Å². The van der Waals surface area contributed by atoms with E-state index in [1.807, 2.05) is 6.92 Å². The van der Waals surface area contributed by atoms with E-state index in [2.05, 4.69) is 10.6 Å². The maximum Gasteiger partial charge on any atom is 0.310 e. The molecule has 5 nitrogen and oxygen atoms in total. The van der Waals surface area contributed by atoms with Gasteiger partial charge in [0.05, 0.1) is 5.92 Å². The molecular formula is C11H18N2O3. The molecule has 0 saturated heterocycles. The average Bonchev–Trinajstić information content (AvgIpc) is 2.66. The van der Waals surface area contributed by atoms with Gasteiger partial charge in [0.25, 0.3) is 0 Å². The van der Waals surface area contributed by atoms with Crippen molar-refractivity contribution >= 4 is 11.9 Å². The number of carbonyl (C=O) groups is 2. The first-order valence-electron chi connectivity index (χ1n) is 5.54. The molecule has 0 aromatic carbocycles. The normalized spacial score (nSPS) is 23.3. The first kappa shape index (κ1) is 12.7. The van der Waals surface area contributed by atoms with Crippen LogP contribution in [0, 0.1) is 5.92 Å². The van der Waals surface area contributed by atoms with E-state index < -0.39 is 11.9 Å². The second-order valence-corrected chi connectivity index (χ2v) is 3.84. The van der Waals surface area contributed by atoms with Crippen molar-refractivity contribution in [3.8, 4) is 0 Å². The van der Waals surface area contributed by atoms with E-state index in [0.717, 1.165) is 6.54 Å². The molecule has 3 N–H and O–H groups in total. The van der Waals surface area contributed by atoms with Crippen LogP contribution in [-0.4, -0.2) is 36.1 Å². The Morgan fingerprint density at radius 1 is 1.44 bits per heavy atom. The van der Waals surface area contributed by atoms with Gasteiger partial charge in [-0.2, -0.15) is 0 Å². The number of nitrogens with one attached hydrogen (secondary N) is 2. The largest absolute Gasteiger partial charge is 0.481 e. The van der Waals surface area contributed by atoms with Crippen LogP contribution in [0.4, 0.5) is 0 Å². The smallest absolute Gasteiger partial charge is 0.310 e. The van der Waals surface area contributed by atoms with Gasteiger partial charge in [0, 0.05) is 19.0 Å². The van der Waals surface area contributed by atoms with Crippen LogP contribution in [0.2, 0.25) is 0 Å². The maximum absolute atomic E-state index is 11.4. The predicted octanol–water partition coefficient (Wildman–Crippen LogP) is 0.131. The summed E-state index contributed by atoms with van der Waals surface area (Å²) in [7, 11) is 0. The lowest BCUT2D eigenvalue weighted by atomic mass is 10.1. The molecule has 1 rings (SSSR count). The van der Waals surface area contributed by atoms with E-state index >= 15 is 0 Å². The molecule has 2 atom stereocenters. The fourth-order valence-corrected chi connectivity index (χ4v) is 1.65. The summed E-state index contributed by atoms with van der Waals surface area (Å²) >= 11 is 0. The fraction of sp³-hybridized carbons (Fsp3) is 0.636. The van der Waals surface area contributed by atoms with Gasteiger partial charge < -0.3 is 15.7 Å². The predicted molar refractivity (Wildman–Crippen MR) is 60.0 cm³/mol. The Morgan fingerprint density at radius 2 is 2.19 bits per heavy atom. The number of amides is 1. The number of hydrogen-bond donors (Lipinski definition) is 3. The Bertz CT molecular complexity index is 289. The van der Waals surface area contributed by atoms with E-state index in [9.17, 15) is 9.59 Å². The molecule has 0 fully saturated rings. The van der Waals surface area contributed by atoms with Gasteiger partial charge in [-0.15, -0.1) is 0 Å². The average molecular weight is 226 g/mol. The standard InChI is InChI=1S/C11H18N2O3/c1-2-12-6-5-10(14)13-9-4-3-8(7-9)11(15)16/h3-4,8-9,12H,2,5-7H2,1H3,(H,13,14)(H,15,16). The lowest BCUT2D eigenvalue weighted by molar-refractivity contribution is -0.140. The van der Waals surface area contributed by atoms with Crippen molar-refractivity contribution in [3.05, 3.63) is 12.2 Å². The van der Waals surface area contributed by atoms with E-state index in [-0.39, 0.29) is 11.9 Å². The molecule has 0 heterocycles. The summed E-state index contributed by atoms with van der Waals surface area (Å²) in [4.78, 5) is 22.1. The van der Waals surface area contributed by atoms with Crippen molar-refractivity contribution < 1.29 is 14.7 Å². The Hall–Kier alpha value is -1.36. The molecular weight excluding hydrogens is 208 g/mol. The molecule has 0 aromatic rings. The van der Waals surface area contributed by atoms with Gasteiger partial charge in [0.15, 0.2) is 0 Å². The number of carboxylic acids is 1. The summed E-state index contributed by atoms with van der Waals surface area (Å²) < 4.78 is 0. The van der Waals surface area contributed by atoms with Crippen LogP contribution >= 0.6 is 0 Å². The van der Waals surface area contributed by atoms with Crippen LogP contribution < -0.4 is 10.6 Å². The molecule has 1 amide bonds. The summed E-state index contributed by atoms with van der Waals surface area (Å²) in [6.07, 6.45) is 4.28. The van der Waals surface area contributed by atoms with E-state index in [1.165, 1.54) is 0 Å². The number of carboxylic acid groups (broad SMARTS) is 1. The molecule has 90 valence electrons. The van der Waals surface area contributed by atoms with Crippen LogP contribution in [-0.2, 0) is 9.59 Å². The maximum atomic E-state index is 11.4. The minimum absolute atomic E-state index is 0.0401. The molecule has 2 unspecified atom stereocenters. The topological polar surface area (TPSA) is 78.4 Å². The molecule has 5 heteroatoms. The molecule has 0 aromatic heterocycles. The van der Waals surface area contributed by atoms with Gasteiger partial charge in [-0.25, -0.2) is 0 Å². The van der Waals surface area contributed by atoms with E-state index in [4.69, 9.17) is 5.11 Å². The number of hydrogen-bond acceptors (Lipinski definition) is 3. The zero-order chi connectivity index (χ0) is 12.0. The van der Waals surface area contributed by atoms with Crippen molar-refractivity contribution in [2.75, 3.05) is 13.1 Å². The summed E-state index contributed by atoms with van der Waals surface area (Å²) in [6, 6.07) is -0.129. The zero-order valence-electron chi connectivity index (χ0n) is 9.40. The third kappa shape index (κ3) is 4.02. The van der Waals surface area contributed by atoms with Crippen molar-refractivity contribution in [1.82, 2.24) is 10.6 Å². The number of carbonyl (C=O) groups excluding carboxylic acids is 1. The molecule has 1 aliphatic carbocycles. The molecule has 0 saturated carbocycles. The van der Waals surface area contributed by atoms with Crippen LogP contribution in [0.5, 0.6) is 0 Å². The lowest BCUT2D eigenvalue weighted by Gasteiger charge is -2.12. The lowest BCUT2D eigenvalue weighted by Crippen LogP contribution is -2.35. The molecule has 0 bridgehead atoms. The van der Waals surface area contributed by atoms with E-state index in [0.29, 0.717) is 19.4 Å². The minimum atomic E-state index is -0.833. The van der Waals surface area contributed by atoms with Crippen molar-refractivity contribution in [1.29, 1.82) is 0 Å². The van der Waals surface area contributed by atoms with Crippen molar-refractivity contribution in [2.24, 2.45) is 5.92 Å². The Balaban J connectivity index is 2.21. The second-order valence-electron chi connectivity index (χ2n) is 3.84. The van der Waals surface area contributed by atoms with Gasteiger partial charge in [0.2, 0.25) is 5.91 Å². The molecule has 0 radical (unpaired) electrons. The van der Waals surface area contributed by atoms with Crippen LogP contribution in [0.15, 0.2) is 12.2 Å². The Labute approximate surface area is 94.9 Å². The number of aliphatic carboxylic acids is 1. The SMILES string of the molecule is CCNCCC(=O)NC1C=CC(C(=O)O)C1. The Kier molecular flexibility index (Phi) is 4.98. The summed E-state index contributed by atoms with van der Waals surface area (Å²) in [5, 5.41) is 14.6. The highest BCUT2D eigenvalue weighted by molar-refractivity contribution is 5.77. The van der Waals surface area contributed by atoms with Crippen molar-refractivity contribution in [2.45, 2.75) is 25.8 Å². The van der Waals surface area contributed by atoms with Crippen LogP contribution in [0.3, 0.4) is 0 Å². The quantitative estimate of drug-likeness (QED) is 0.444. The number of rotatable bonds is 6. The third-order valence-electron chi connectivity index (χ3n) is 2.53. The Morgan fingerprint density at radius 3 is 2.75 bits per heavy atom. The van der Waals surface area contributed by atoms with Gasteiger partial charge in [-0.05, 0) is 13.0 Å². The summed E-state index contributed by atoms with van der Waals surface area (Å²) in [6.45, 7) is 3.48. The van der Waals surface area contributed by atoms with E-state index in [1.54, 1.807) is 12.2 Å². The minimum Gasteiger partial charge on any atom is -0.481 e. The summed E-state index contributed by atoms with van der Waals surface area (Å²) in [5.74, 6) is -1.33. The highest BCUT2D eigenvalue weighted by atomic mass is 16.4. The molecule has 0 aliphatic heterocycles. The fourth-order valence-electron chi connectivity index (χ4n) is 1.65. The van der Waals surface area contributed by atoms with Crippen molar-refractivity contribution in [3.63, 3.8) is 0 Å². The highest BCUT2D eigenvalue weighted by Crippen LogP contribution is 2.17. The van der Waals surface area contributed by atoms with Crippen LogP contribution in [0.25, 0.3) is 0 Å². The first-order chi connectivity index (χ1) is 7.63. The zero-order valence-corrected chi connectivity index (χ0v) is 9.40. The van der Waals surface area contributed by atoms with Gasteiger partial charge in [-0.1, -0.05) is 19.1 Å². The van der Waals surface area contributed by atoms with Gasteiger partial charge in [-0.3, -0.25) is 9.59 Å². The highest BCUT2D eigenvalue weighted by Gasteiger charge is 2.24. The summed E-state index contributed by atoms with van der Waals surface area (Å²) in [5.41, 5.74) is 0. The monoisotopic (exact) mass is 226 g/mol. The molecule has 0 spiro atoms. The van der Waals surface area contributed by atoms with Crippen LogP contribution in [0.1, 0.15) is 19.8 Å². The second kappa shape index (κ2) is 6.27. The first-order valence-corrected chi connectivity index (χ1v) is 5.54. The van der Waals surface area contributed by atoms with Gasteiger partial charge in [0.1, 0.15) is 0 Å². The third-order valence-corrected chi connectivity index (χ3v) is 2.53.